The van der Waals surface area contributed by atoms with Gasteiger partial charge in [0.15, 0.2) is 23.3 Å². The van der Waals surface area contributed by atoms with Crippen molar-refractivity contribution in [3.8, 4) is 11.5 Å². The highest BCUT2D eigenvalue weighted by Crippen LogP contribution is 2.30. The SMILES string of the molecule is CCOc1ccc(NC(=NCc2nnc(C)n2C)NC2CCCCC2)cc1OC. The van der Waals surface area contributed by atoms with E-state index in [-0.39, 0.29) is 0 Å². The molecule has 2 N–H and O–H groups in total. The number of benzene rings is 1. The largest absolute Gasteiger partial charge is 0.493 e. The molecule has 1 fully saturated rings. The zero-order chi connectivity index (χ0) is 20.6. The summed E-state index contributed by atoms with van der Waals surface area (Å²) in [6.07, 6.45) is 6.15. The summed E-state index contributed by atoms with van der Waals surface area (Å²) >= 11 is 0. The number of hydrogen-bond donors (Lipinski definition) is 2. The highest BCUT2D eigenvalue weighted by molar-refractivity contribution is 5.94. The van der Waals surface area contributed by atoms with Crippen LogP contribution in [0.25, 0.3) is 0 Å². The topological polar surface area (TPSA) is 85.6 Å². The summed E-state index contributed by atoms with van der Waals surface area (Å²) in [6, 6.07) is 6.24. The Bertz CT molecular complexity index is 827. The van der Waals surface area contributed by atoms with Gasteiger partial charge in [-0.15, -0.1) is 10.2 Å². The summed E-state index contributed by atoms with van der Waals surface area (Å²) in [5, 5.41) is 15.3. The van der Waals surface area contributed by atoms with Crippen LogP contribution in [0.1, 0.15) is 50.7 Å². The van der Waals surface area contributed by atoms with Crippen LogP contribution in [-0.2, 0) is 13.6 Å². The summed E-state index contributed by atoms with van der Waals surface area (Å²) in [5.41, 5.74) is 0.890. The van der Waals surface area contributed by atoms with Crippen molar-refractivity contribution in [2.24, 2.45) is 12.0 Å². The van der Waals surface area contributed by atoms with Gasteiger partial charge in [0, 0.05) is 24.8 Å². The number of hydrogen-bond acceptors (Lipinski definition) is 5. The van der Waals surface area contributed by atoms with E-state index in [1.165, 1.54) is 19.3 Å². The van der Waals surface area contributed by atoms with E-state index in [0.717, 1.165) is 41.9 Å². The Kier molecular flexibility index (Phi) is 7.32. The minimum Gasteiger partial charge on any atom is -0.493 e. The summed E-state index contributed by atoms with van der Waals surface area (Å²) in [7, 11) is 3.60. The Hall–Kier alpha value is -2.77. The molecule has 0 amide bonds. The summed E-state index contributed by atoms with van der Waals surface area (Å²) < 4.78 is 13.0. The van der Waals surface area contributed by atoms with Gasteiger partial charge < -0.3 is 24.7 Å². The maximum absolute atomic E-state index is 5.61. The van der Waals surface area contributed by atoms with Crippen LogP contribution in [0.2, 0.25) is 0 Å². The maximum Gasteiger partial charge on any atom is 0.196 e. The fourth-order valence-electron chi connectivity index (χ4n) is 3.46. The Morgan fingerprint density at radius 2 is 2.00 bits per heavy atom. The van der Waals surface area contributed by atoms with Crippen molar-refractivity contribution in [3.05, 3.63) is 29.8 Å². The van der Waals surface area contributed by atoms with E-state index >= 15 is 0 Å². The lowest BCUT2D eigenvalue weighted by Gasteiger charge is -2.25. The van der Waals surface area contributed by atoms with E-state index < -0.39 is 0 Å². The number of aryl methyl sites for hydroxylation is 1. The number of rotatable bonds is 7. The van der Waals surface area contributed by atoms with Crippen LogP contribution in [0.3, 0.4) is 0 Å². The molecule has 0 spiro atoms. The lowest BCUT2D eigenvalue weighted by molar-refractivity contribution is 0.311. The Labute approximate surface area is 172 Å². The van der Waals surface area contributed by atoms with E-state index in [9.17, 15) is 0 Å². The minimum absolute atomic E-state index is 0.431. The molecule has 3 rings (SSSR count). The zero-order valence-electron chi connectivity index (χ0n) is 17.9. The van der Waals surface area contributed by atoms with Crippen molar-refractivity contribution in [3.63, 3.8) is 0 Å². The summed E-state index contributed by atoms with van der Waals surface area (Å²) in [6.45, 7) is 4.94. The predicted molar refractivity (Wildman–Crippen MR) is 115 cm³/mol. The molecule has 1 aliphatic rings. The number of anilines is 1. The number of aromatic nitrogens is 3. The van der Waals surface area contributed by atoms with Crippen LogP contribution >= 0.6 is 0 Å². The lowest BCUT2D eigenvalue weighted by Crippen LogP contribution is -2.40. The first-order chi connectivity index (χ1) is 14.1. The van der Waals surface area contributed by atoms with Gasteiger partial charge in [0.05, 0.1) is 13.7 Å². The van der Waals surface area contributed by atoms with Crippen molar-refractivity contribution < 1.29 is 9.47 Å². The highest BCUT2D eigenvalue weighted by atomic mass is 16.5. The van der Waals surface area contributed by atoms with Gasteiger partial charge in [-0.1, -0.05) is 19.3 Å². The molecule has 1 aliphatic carbocycles. The zero-order valence-corrected chi connectivity index (χ0v) is 17.9. The molecular formula is C21H32N6O2. The molecule has 0 atom stereocenters. The molecule has 0 unspecified atom stereocenters. The summed E-state index contributed by atoms with van der Waals surface area (Å²) in [5.74, 6) is 3.87. The van der Waals surface area contributed by atoms with Crippen LogP contribution in [0.4, 0.5) is 5.69 Å². The average molecular weight is 401 g/mol. The third-order valence-electron chi connectivity index (χ3n) is 5.23. The number of methoxy groups -OCH3 is 1. The first-order valence-electron chi connectivity index (χ1n) is 10.3. The standard InChI is InChI=1S/C21H32N6O2/c1-5-29-18-12-11-17(13-19(18)28-4)24-21(23-16-9-7-6-8-10-16)22-14-20-26-25-15(2)27(20)3/h11-13,16H,5-10,14H2,1-4H3,(H2,22,23,24). The third kappa shape index (κ3) is 5.62. The molecule has 0 saturated heterocycles. The normalized spacial score (nSPS) is 15.2. The van der Waals surface area contributed by atoms with Gasteiger partial charge in [-0.25, -0.2) is 4.99 Å². The minimum atomic E-state index is 0.431. The molecule has 1 saturated carbocycles. The number of nitrogens with zero attached hydrogens (tertiary/aromatic N) is 4. The van der Waals surface area contributed by atoms with Crippen molar-refractivity contribution in [2.75, 3.05) is 19.0 Å². The second-order valence-corrected chi connectivity index (χ2v) is 7.29. The lowest BCUT2D eigenvalue weighted by atomic mass is 9.96. The predicted octanol–water partition coefficient (Wildman–Crippen LogP) is 3.42. The van der Waals surface area contributed by atoms with Crippen molar-refractivity contribution in [2.45, 2.75) is 58.5 Å². The van der Waals surface area contributed by atoms with E-state index in [4.69, 9.17) is 14.5 Å². The fraction of sp³-hybridized carbons (Fsp3) is 0.571. The number of guanidine groups is 1. The first-order valence-corrected chi connectivity index (χ1v) is 10.3. The molecule has 1 heterocycles. The number of ether oxygens (including phenoxy) is 2. The molecule has 1 aromatic carbocycles. The fourth-order valence-corrected chi connectivity index (χ4v) is 3.46. The van der Waals surface area contributed by atoms with Crippen LogP contribution in [0, 0.1) is 6.92 Å². The maximum atomic E-state index is 5.61. The first kappa shape index (κ1) is 21.0. The van der Waals surface area contributed by atoms with Crippen molar-refractivity contribution in [1.82, 2.24) is 20.1 Å². The van der Waals surface area contributed by atoms with Crippen LogP contribution in [0.5, 0.6) is 11.5 Å². The van der Waals surface area contributed by atoms with Gasteiger partial charge in [0.2, 0.25) is 0 Å². The molecule has 8 heteroatoms. The van der Waals surface area contributed by atoms with E-state index in [1.54, 1.807) is 7.11 Å². The molecule has 0 aliphatic heterocycles. The van der Waals surface area contributed by atoms with Crippen LogP contribution < -0.4 is 20.1 Å². The highest BCUT2D eigenvalue weighted by Gasteiger charge is 2.16. The Morgan fingerprint density at radius 1 is 1.21 bits per heavy atom. The van der Waals surface area contributed by atoms with E-state index in [2.05, 4.69) is 20.8 Å². The van der Waals surface area contributed by atoms with E-state index in [1.807, 2.05) is 43.7 Å². The molecule has 0 radical (unpaired) electrons. The molecule has 29 heavy (non-hydrogen) atoms. The second-order valence-electron chi connectivity index (χ2n) is 7.29. The Morgan fingerprint density at radius 3 is 2.66 bits per heavy atom. The van der Waals surface area contributed by atoms with Gasteiger partial charge in [-0.05, 0) is 38.8 Å². The van der Waals surface area contributed by atoms with Gasteiger partial charge in [-0.3, -0.25) is 0 Å². The third-order valence-corrected chi connectivity index (χ3v) is 5.23. The second kappa shape index (κ2) is 10.1. The van der Waals surface area contributed by atoms with Crippen molar-refractivity contribution >= 4 is 11.6 Å². The van der Waals surface area contributed by atoms with Gasteiger partial charge in [0.1, 0.15) is 12.4 Å². The average Bonchev–Trinajstić information content (AvgIpc) is 3.06. The van der Waals surface area contributed by atoms with Gasteiger partial charge >= 0.3 is 0 Å². The number of aliphatic imine (C=N–C) groups is 1. The molecule has 1 aromatic heterocycles. The summed E-state index contributed by atoms with van der Waals surface area (Å²) in [4.78, 5) is 4.77. The Balaban J connectivity index is 1.78. The number of nitrogens with one attached hydrogen (secondary N) is 2. The molecule has 8 nitrogen and oxygen atoms in total. The molecule has 0 bridgehead atoms. The van der Waals surface area contributed by atoms with Crippen LogP contribution in [0.15, 0.2) is 23.2 Å². The van der Waals surface area contributed by atoms with Crippen LogP contribution in [-0.4, -0.2) is 40.5 Å². The molecule has 2 aromatic rings. The van der Waals surface area contributed by atoms with Crippen molar-refractivity contribution in [1.29, 1.82) is 0 Å². The van der Waals surface area contributed by atoms with Gasteiger partial charge in [0.25, 0.3) is 0 Å². The van der Waals surface area contributed by atoms with Gasteiger partial charge in [-0.2, -0.15) is 0 Å². The smallest absolute Gasteiger partial charge is 0.196 e. The quantitative estimate of drug-likeness (QED) is 0.547. The van der Waals surface area contributed by atoms with E-state index in [0.29, 0.717) is 24.9 Å². The monoisotopic (exact) mass is 400 g/mol. The molecular weight excluding hydrogens is 368 g/mol. The molecule has 158 valence electrons.